The van der Waals surface area contributed by atoms with E-state index in [2.05, 4.69) is 5.32 Å². The number of hydrogen-bond donors (Lipinski definition) is 3. The van der Waals surface area contributed by atoms with Crippen molar-refractivity contribution in [1.29, 1.82) is 0 Å². The highest BCUT2D eigenvalue weighted by molar-refractivity contribution is 6.23. The molecule has 1 aliphatic heterocycles. The number of imide groups is 1. The molecule has 0 saturated carbocycles. The van der Waals surface area contributed by atoms with Crippen molar-refractivity contribution in [2.75, 3.05) is 30.3 Å². The molecule has 3 rings (SSSR count). The summed E-state index contributed by atoms with van der Waals surface area (Å²) < 4.78 is 1.20. The van der Waals surface area contributed by atoms with Crippen LogP contribution in [0.1, 0.15) is 27.6 Å². The molecule has 0 aliphatic carbocycles. The summed E-state index contributed by atoms with van der Waals surface area (Å²) in [4.78, 5) is 37.9. The second-order valence-electron chi connectivity index (χ2n) is 5.59. The summed E-state index contributed by atoms with van der Waals surface area (Å²) in [5.74, 6) is -1.29. The molecule has 25 heavy (non-hydrogen) atoms. The van der Waals surface area contributed by atoms with Crippen molar-refractivity contribution in [3.63, 3.8) is 0 Å². The topological polar surface area (TPSA) is 118 Å². The Balaban J connectivity index is 2.06. The number of nitrogens with two attached hydrogens (primary N) is 1. The van der Waals surface area contributed by atoms with E-state index in [1.54, 1.807) is 24.3 Å². The first-order valence-corrected chi connectivity index (χ1v) is 7.85. The van der Waals surface area contributed by atoms with Crippen molar-refractivity contribution in [2.24, 2.45) is 0 Å². The van der Waals surface area contributed by atoms with Gasteiger partial charge in [-0.25, -0.2) is 0 Å². The van der Waals surface area contributed by atoms with E-state index in [0.29, 0.717) is 12.2 Å². The Bertz CT molecular complexity index is 902. The number of rotatable bonds is 5. The number of carbonyl (C=O) groups excluding carboxylic acids is 2. The van der Waals surface area contributed by atoms with Crippen molar-refractivity contribution < 1.29 is 14.7 Å². The molecule has 4 N–H and O–H groups in total. The van der Waals surface area contributed by atoms with Crippen molar-refractivity contribution in [3.05, 3.63) is 51.8 Å². The van der Waals surface area contributed by atoms with E-state index >= 15 is 0 Å². The number of benzene rings is 1. The first-order valence-electron chi connectivity index (χ1n) is 7.85. The van der Waals surface area contributed by atoms with Gasteiger partial charge in [0.25, 0.3) is 17.4 Å². The number of hydrogen-bond acceptors (Lipinski definition) is 6. The highest BCUT2D eigenvalue weighted by Gasteiger charge is 2.31. The third kappa shape index (κ3) is 2.76. The van der Waals surface area contributed by atoms with Gasteiger partial charge in [-0.2, -0.15) is 0 Å². The zero-order valence-electron chi connectivity index (χ0n) is 13.7. The number of aliphatic hydroxyl groups is 1. The number of aliphatic hydroxyl groups excluding tert-OH is 1. The van der Waals surface area contributed by atoms with Gasteiger partial charge in [0, 0.05) is 24.8 Å². The molecule has 8 nitrogen and oxygen atoms in total. The molecule has 2 aromatic rings. The molecule has 1 aliphatic rings. The van der Waals surface area contributed by atoms with Crippen molar-refractivity contribution in [2.45, 2.75) is 6.92 Å². The van der Waals surface area contributed by atoms with Gasteiger partial charge < -0.3 is 15.7 Å². The van der Waals surface area contributed by atoms with Gasteiger partial charge in [0.05, 0.1) is 23.4 Å². The fourth-order valence-corrected chi connectivity index (χ4v) is 2.95. The van der Waals surface area contributed by atoms with Gasteiger partial charge in [-0.05, 0) is 31.2 Å². The van der Waals surface area contributed by atoms with E-state index < -0.39 is 17.4 Å². The molecule has 8 heteroatoms. The number of carbonyl (C=O) groups is 2. The van der Waals surface area contributed by atoms with Crippen LogP contribution in [0.3, 0.4) is 0 Å². The number of anilines is 2. The Morgan fingerprint density at radius 3 is 2.44 bits per heavy atom. The molecule has 1 aromatic heterocycles. The molecule has 0 atom stereocenters. The number of amides is 2. The second kappa shape index (κ2) is 6.40. The molecule has 0 spiro atoms. The average molecular weight is 342 g/mol. The van der Waals surface area contributed by atoms with Gasteiger partial charge in [-0.3, -0.25) is 24.3 Å². The summed E-state index contributed by atoms with van der Waals surface area (Å²) in [5, 5.41) is 11.2. The van der Waals surface area contributed by atoms with E-state index in [9.17, 15) is 14.4 Å². The van der Waals surface area contributed by atoms with E-state index in [0.717, 1.165) is 18.3 Å². The number of nitrogen functional groups attached to an aromatic ring is 1. The zero-order valence-corrected chi connectivity index (χ0v) is 13.7. The summed E-state index contributed by atoms with van der Waals surface area (Å²) in [6.45, 7) is 3.24. The van der Waals surface area contributed by atoms with Crippen molar-refractivity contribution >= 4 is 23.3 Å². The van der Waals surface area contributed by atoms with Gasteiger partial charge in [-0.1, -0.05) is 0 Å². The minimum absolute atomic E-state index is 0.000439. The lowest BCUT2D eigenvalue weighted by atomic mass is 10.1. The highest BCUT2D eigenvalue weighted by Crippen LogP contribution is 2.24. The third-order valence-corrected chi connectivity index (χ3v) is 4.18. The summed E-state index contributed by atoms with van der Waals surface area (Å²) >= 11 is 0. The van der Waals surface area contributed by atoms with Crippen LogP contribution in [0.4, 0.5) is 11.5 Å². The molecule has 0 saturated heterocycles. The number of fused-ring (bicyclic) bond motifs is 1. The third-order valence-electron chi connectivity index (χ3n) is 4.18. The van der Waals surface area contributed by atoms with Gasteiger partial charge in [0.1, 0.15) is 5.82 Å². The largest absolute Gasteiger partial charge is 0.395 e. The monoisotopic (exact) mass is 342 g/mol. The Kier molecular flexibility index (Phi) is 4.28. The van der Waals surface area contributed by atoms with Crippen LogP contribution < -0.4 is 21.5 Å². The van der Waals surface area contributed by atoms with Crippen LogP contribution in [0.5, 0.6) is 0 Å². The number of nitrogens with zero attached hydrogens (tertiary/aromatic N) is 2. The van der Waals surface area contributed by atoms with Crippen LogP contribution in [-0.4, -0.2) is 41.2 Å². The van der Waals surface area contributed by atoms with Crippen LogP contribution >= 0.6 is 0 Å². The lowest BCUT2D eigenvalue weighted by Crippen LogP contribution is -2.26. The first-order chi connectivity index (χ1) is 12.0. The fourth-order valence-electron chi connectivity index (χ4n) is 2.95. The Labute approximate surface area is 143 Å². The second-order valence-corrected chi connectivity index (χ2v) is 5.59. The molecule has 1 aromatic carbocycles. The van der Waals surface area contributed by atoms with E-state index in [4.69, 9.17) is 10.8 Å². The first kappa shape index (κ1) is 16.7. The minimum atomic E-state index is -0.617. The Morgan fingerprint density at radius 2 is 1.84 bits per heavy atom. The predicted octanol–water partition coefficient (Wildman–Crippen LogP) is 0.122. The number of likely N-dealkylation sites (N-methyl/N-ethyl adjacent to an activating group) is 1. The van der Waals surface area contributed by atoms with E-state index in [-0.39, 0.29) is 23.6 Å². The van der Waals surface area contributed by atoms with Crippen LogP contribution in [0.2, 0.25) is 0 Å². The maximum absolute atomic E-state index is 12.4. The smallest absolute Gasteiger partial charge is 0.262 e. The van der Waals surface area contributed by atoms with Crippen molar-refractivity contribution in [3.8, 4) is 5.69 Å². The Morgan fingerprint density at radius 1 is 1.16 bits per heavy atom. The molecule has 0 bridgehead atoms. The normalized spacial score (nSPS) is 12.9. The quantitative estimate of drug-likeness (QED) is 0.665. The maximum atomic E-state index is 12.4. The summed E-state index contributed by atoms with van der Waals surface area (Å²) in [7, 11) is 0. The van der Waals surface area contributed by atoms with Gasteiger partial charge in [0.2, 0.25) is 0 Å². The van der Waals surface area contributed by atoms with Crippen LogP contribution in [0.15, 0.2) is 35.1 Å². The molecule has 0 fully saturated rings. The van der Waals surface area contributed by atoms with E-state index in [1.807, 2.05) is 11.8 Å². The number of aromatic nitrogens is 1. The Hall–Kier alpha value is -3.13. The van der Waals surface area contributed by atoms with E-state index in [1.165, 1.54) is 4.57 Å². The van der Waals surface area contributed by atoms with Crippen molar-refractivity contribution in [1.82, 2.24) is 9.88 Å². The molecule has 0 unspecified atom stereocenters. The summed E-state index contributed by atoms with van der Waals surface area (Å²) in [5.41, 5.74) is 6.90. The zero-order chi connectivity index (χ0) is 18.1. The maximum Gasteiger partial charge on any atom is 0.262 e. The number of pyridine rings is 1. The minimum Gasteiger partial charge on any atom is -0.395 e. The fraction of sp³-hybridized carbons (Fsp3) is 0.235. The summed E-state index contributed by atoms with van der Waals surface area (Å²) in [6, 6.07) is 8.13. The standard InChI is InChI=1S/C17H18N4O4/c1-2-20(7-8-22)10-3-5-11(6-4-10)21-13(23)9-12-14(15(21)18)17(25)19-16(12)24/h3-6,9,22H,2,7-8,18H2,1H3,(H,19,24,25). The van der Waals surface area contributed by atoms with Crippen LogP contribution in [0, 0.1) is 0 Å². The molecule has 2 heterocycles. The SMILES string of the molecule is CCN(CCO)c1ccc(-n2c(N)c3c(cc2=O)C(=O)NC3=O)cc1. The molecular formula is C17H18N4O4. The highest BCUT2D eigenvalue weighted by atomic mass is 16.3. The predicted molar refractivity (Wildman–Crippen MR) is 93.2 cm³/mol. The van der Waals surface area contributed by atoms with Gasteiger partial charge in [-0.15, -0.1) is 0 Å². The average Bonchev–Trinajstić information content (AvgIpc) is 2.87. The molecule has 130 valence electrons. The van der Waals surface area contributed by atoms with Crippen LogP contribution in [-0.2, 0) is 0 Å². The molecular weight excluding hydrogens is 324 g/mol. The lowest BCUT2D eigenvalue weighted by molar-refractivity contribution is 0.0880. The number of nitrogens with one attached hydrogen (secondary N) is 1. The summed E-state index contributed by atoms with van der Waals surface area (Å²) in [6.07, 6.45) is 0. The lowest BCUT2D eigenvalue weighted by Gasteiger charge is -2.22. The van der Waals surface area contributed by atoms with Gasteiger partial charge in [0.15, 0.2) is 0 Å². The molecule has 0 radical (unpaired) electrons. The molecule has 2 amide bonds. The van der Waals surface area contributed by atoms with Crippen LogP contribution in [0.25, 0.3) is 5.69 Å². The van der Waals surface area contributed by atoms with Gasteiger partial charge >= 0.3 is 0 Å².